The van der Waals surface area contributed by atoms with Crippen LogP contribution in [0.5, 0.6) is 0 Å². The molecule has 0 unspecified atom stereocenters. The highest BCUT2D eigenvalue weighted by Gasteiger charge is 2.42. The molecular formula is C14H15Br2NO. The Labute approximate surface area is 124 Å². The number of hydrogen-bond acceptors (Lipinski definition) is 1. The number of rotatable bonds is 4. The minimum Gasteiger partial charge on any atom is -0.349 e. The van der Waals surface area contributed by atoms with Crippen LogP contribution >= 0.6 is 31.9 Å². The molecule has 4 heteroatoms. The third-order valence-corrected chi connectivity index (χ3v) is 4.92. The van der Waals surface area contributed by atoms with Crippen molar-refractivity contribution in [1.29, 1.82) is 0 Å². The molecule has 1 N–H and O–H groups in total. The summed E-state index contributed by atoms with van der Waals surface area (Å²) in [4.78, 5) is 12.3. The molecule has 0 heterocycles. The molecule has 2 aliphatic rings. The number of amides is 1. The second-order valence-corrected chi connectivity index (χ2v) is 7.07. The molecule has 0 aliphatic heterocycles. The van der Waals surface area contributed by atoms with Crippen LogP contribution in [0.15, 0.2) is 27.1 Å². The lowest BCUT2D eigenvalue weighted by Crippen LogP contribution is -2.38. The van der Waals surface area contributed by atoms with Crippen molar-refractivity contribution in [2.75, 3.05) is 0 Å². The first-order valence-corrected chi connectivity index (χ1v) is 7.99. The monoisotopic (exact) mass is 371 g/mol. The molecule has 0 saturated heterocycles. The van der Waals surface area contributed by atoms with Crippen LogP contribution in [0.1, 0.15) is 36.0 Å². The molecule has 2 fully saturated rings. The van der Waals surface area contributed by atoms with E-state index in [1.54, 1.807) is 0 Å². The Morgan fingerprint density at radius 2 is 1.78 bits per heavy atom. The molecule has 0 radical (unpaired) electrons. The summed E-state index contributed by atoms with van der Waals surface area (Å²) < 4.78 is 1.79. The van der Waals surface area contributed by atoms with Gasteiger partial charge in [-0.1, -0.05) is 15.9 Å². The van der Waals surface area contributed by atoms with Crippen molar-refractivity contribution in [3.05, 3.63) is 32.7 Å². The van der Waals surface area contributed by atoms with Crippen molar-refractivity contribution in [2.45, 2.75) is 31.7 Å². The first-order valence-electron chi connectivity index (χ1n) is 6.41. The largest absolute Gasteiger partial charge is 0.349 e. The Bertz CT molecular complexity index is 469. The highest BCUT2D eigenvalue weighted by molar-refractivity contribution is 9.11. The minimum atomic E-state index is 0.0481. The number of halogens is 2. The molecule has 0 spiro atoms. The van der Waals surface area contributed by atoms with Crippen molar-refractivity contribution in [3.8, 4) is 0 Å². The fraction of sp³-hybridized carbons (Fsp3) is 0.500. The van der Waals surface area contributed by atoms with E-state index >= 15 is 0 Å². The highest BCUT2D eigenvalue weighted by atomic mass is 79.9. The Balaban J connectivity index is 1.75. The summed E-state index contributed by atoms with van der Waals surface area (Å²) in [6, 6.07) is 6.11. The quantitative estimate of drug-likeness (QED) is 0.845. The van der Waals surface area contributed by atoms with Gasteiger partial charge in [-0.25, -0.2) is 0 Å². The van der Waals surface area contributed by atoms with Gasteiger partial charge < -0.3 is 5.32 Å². The number of carbonyl (C=O) groups excluding carboxylic acids is 1. The molecule has 96 valence electrons. The number of carbonyl (C=O) groups is 1. The van der Waals surface area contributed by atoms with Gasteiger partial charge in [0.15, 0.2) is 0 Å². The summed E-state index contributed by atoms with van der Waals surface area (Å²) in [6.45, 7) is 0. The normalized spacial score (nSPS) is 19.1. The molecule has 2 nitrogen and oxygen atoms in total. The highest BCUT2D eigenvalue weighted by Crippen LogP contribution is 2.44. The topological polar surface area (TPSA) is 29.1 Å². The molecule has 0 aromatic heterocycles. The number of hydrogen-bond donors (Lipinski definition) is 1. The van der Waals surface area contributed by atoms with E-state index in [0.717, 1.165) is 26.3 Å². The minimum absolute atomic E-state index is 0.0481. The summed E-state index contributed by atoms with van der Waals surface area (Å²) in [5, 5.41) is 3.24. The lowest BCUT2D eigenvalue weighted by molar-refractivity contribution is 0.0925. The lowest BCUT2D eigenvalue weighted by atomic mass is 10.1. The fourth-order valence-electron chi connectivity index (χ4n) is 2.43. The van der Waals surface area contributed by atoms with E-state index in [9.17, 15) is 4.79 Å². The van der Waals surface area contributed by atoms with E-state index in [4.69, 9.17) is 0 Å². The first-order chi connectivity index (χ1) is 8.65. The number of benzene rings is 1. The molecular weight excluding hydrogens is 358 g/mol. The number of nitrogens with one attached hydrogen (secondary N) is 1. The van der Waals surface area contributed by atoms with Crippen LogP contribution in [-0.4, -0.2) is 11.9 Å². The maximum absolute atomic E-state index is 12.3. The van der Waals surface area contributed by atoms with Crippen molar-refractivity contribution < 1.29 is 4.79 Å². The van der Waals surface area contributed by atoms with Gasteiger partial charge in [-0.2, -0.15) is 0 Å². The van der Waals surface area contributed by atoms with Gasteiger partial charge in [0.1, 0.15) is 0 Å². The van der Waals surface area contributed by atoms with E-state index in [1.807, 2.05) is 18.2 Å². The van der Waals surface area contributed by atoms with E-state index < -0.39 is 0 Å². The van der Waals surface area contributed by atoms with Crippen LogP contribution in [0.3, 0.4) is 0 Å². The maximum atomic E-state index is 12.3. The van der Waals surface area contributed by atoms with Crippen LogP contribution < -0.4 is 5.32 Å². The zero-order valence-corrected chi connectivity index (χ0v) is 13.1. The summed E-state index contributed by atoms with van der Waals surface area (Å²) in [5.41, 5.74) is 0.718. The van der Waals surface area contributed by atoms with E-state index in [2.05, 4.69) is 37.2 Å². The van der Waals surface area contributed by atoms with Gasteiger partial charge in [-0.3, -0.25) is 4.79 Å². The van der Waals surface area contributed by atoms with Crippen molar-refractivity contribution in [3.63, 3.8) is 0 Å². The predicted molar refractivity (Wildman–Crippen MR) is 78.5 cm³/mol. The van der Waals surface area contributed by atoms with Crippen molar-refractivity contribution in [1.82, 2.24) is 5.32 Å². The average molecular weight is 373 g/mol. The van der Waals surface area contributed by atoms with Gasteiger partial charge in [0.05, 0.1) is 5.56 Å². The summed E-state index contributed by atoms with van der Waals surface area (Å²) in [6.07, 6.45) is 5.12. The summed E-state index contributed by atoms with van der Waals surface area (Å²) in [5.74, 6) is 1.51. The van der Waals surface area contributed by atoms with Crippen LogP contribution in [0.25, 0.3) is 0 Å². The Morgan fingerprint density at radius 3 is 2.33 bits per heavy atom. The third kappa shape index (κ3) is 2.80. The maximum Gasteiger partial charge on any atom is 0.252 e. The van der Waals surface area contributed by atoms with Gasteiger partial charge in [0.25, 0.3) is 5.91 Å². The molecule has 18 heavy (non-hydrogen) atoms. The summed E-state index contributed by atoms with van der Waals surface area (Å²) >= 11 is 6.86. The first kappa shape index (κ1) is 12.7. The van der Waals surface area contributed by atoms with E-state index in [0.29, 0.717) is 6.04 Å². The zero-order chi connectivity index (χ0) is 12.7. The van der Waals surface area contributed by atoms with Crippen LogP contribution in [0, 0.1) is 11.8 Å². The van der Waals surface area contributed by atoms with Crippen molar-refractivity contribution >= 4 is 37.8 Å². The van der Waals surface area contributed by atoms with Gasteiger partial charge in [0, 0.05) is 15.0 Å². The second kappa shape index (κ2) is 4.97. The second-order valence-electron chi connectivity index (χ2n) is 5.30. The Hall–Kier alpha value is -0.350. The lowest BCUT2D eigenvalue weighted by Gasteiger charge is -2.18. The SMILES string of the molecule is O=C(NC(C1CC1)C1CC1)c1cc(Br)ccc1Br. The molecule has 0 bridgehead atoms. The zero-order valence-electron chi connectivity index (χ0n) is 9.96. The standard InChI is InChI=1S/C14H15Br2NO/c15-10-5-6-12(16)11(7-10)14(18)17-13(8-1-2-8)9-3-4-9/h5-9,13H,1-4H2,(H,17,18). The average Bonchev–Trinajstić information content (AvgIpc) is 3.21. The molecule has 2 saturated carbocycles. The molecule has 0 atom stereocenters. The van der Waals surface area contributed by atoms with Crippen LogP contribution in [0.4, 0.5) is 0 Å². The predicted octanol–water partition coefficient (Wildman–Crippen LogP) is 4.13. The van der Waals surface area contributed by atoms with Crippen LogP contribution in [0.2, 0.25) is 0 Å². The molecule has 3 rings (SSSR count). The fourth-order valence-corrected chi connectivity index (χ4v) is 3.22. The van der Waals surface area contributed by atoms with Crippen LogP contribution in [-0.2, 0) is 0 Å². The summed E-state index contributed by atoms with van der Waals surface area (Å²) in [7, 11) is 0. The van der Waals surface area contributed by atoms with Gasteiger partial charge in [0.2, 0.25) is 0 Å². The molecule has 1 aromatic carbocycles. The van der Waals surface area contributed by atoms with E-state index in [-0.39, 0.29) is 5.91 Å². The third-order valence-electron chi connectivity index (χ3n) is 3.73. The molecule has 1 aromatic rings. The van der Waals surface area contributed by atoms with E-state index in [1.165, 1.54) is 25.7 Å². The smallest absolute Gasteiger partial charge is 0.252 e. The Kier molecular flexibility index (Phi) is 3.50. The molecule has 1 amide bonds. The molecule has 2 aliphatic carbocycles. The van der Waals surface area contributed by atoms with Gasteiger partial charge in [-0.15, -0.1) is 0 Å². The Morgan fingerprint density at radius 1 is 1.17 bits per heavy atom. The van der Waals surface area contributed by atoms with Crippen molar-refractivity contribution in [2.24, 2.45) is 11.8 Å². The van der Waals surface area contributed by atoms with Gasteiger partial charge >= 0.3 is 0 Å². The van der Waals surface area contributed by atoms with Gasteiger partial charge in [-0.05, 0) is 71.6 Å².